The summed E-state index contributed by atoms with van der Waals surface area (Å²) in [6, 6.07) is 14.5. The quantitative estimate of drug-likeness (QED) is 0.703. The summed E-state index contributed by atoms with van der Waals surface area (Å²) < 4.78 is 9.86. The van der Waals surface area contributed by atoms with Crippen molar-refractivity contribution in [1.29, 1.82) is 0 Å². The lowest BCUT2D eigenvalue weighted by molar-refractivity contribution is -0.903. The van der Waals surface area contributed by atoms with E-state index in [-0.39, 0.29) is 11.9 Å². The lowest BCUT2D eigenvalue weighted by Gasteiger charge is -2.17. The normalized spacial score (nSPS) is 11.5. The Morgan fingerprint density at radius 2 is 1.81 bits per heavy atom. The number of hydrogen-bond donors (Lipinski definition) is 2. The molecule has 0 saturated carbocycles. The van der Waals surface area contributed by atoms with Crippen LogP contribution in [0.4, 0.5) is 5.69 Å². The number of ether oxygens (including phenoxy) is 2. The van der Waals surface area contributed by atoms with Crippen molar-refractivity contribution in [2.75, 3.05) is 32.6 Å². The molecule has 0 fully saturated rings. The first-order chi connectivity index (χ1) is 12.5. The van der Waals surface area contributed by atoms with Crippen LogP contribution in [0.2, 0.25) is 0 Å². The van der Waals surface area contributed by atoms with Gasteiger partial charge in [0.1, 0.15) is 12.3 Å². The van der Waals surface area contributed by atoms with E-state index in [4.69, 9.17) is 9.47 Å². The summed E-state index contributed by atoms with van der Waals surface area (Å²) in [5, 5.41) is 2.89. The molecule has 0 aliphatic heterocycles. The molecule has 2 aromatic carbocycles. The molecule has 1 atom stereocenters. The van der Waals surface area contributed by atoms with Gasteiger partial charge in [-0.1, -0.05) is 12.1 Å². The summed E-state index contributed by atoms with van der Waals surface area (Å²) >= 11 is 0. The minimum atomic E-state index is -0.359. The van der Waals surface area contributed by atoms with Crippen LogP contribution in [-0.4, -0.2) is 39.2 Å². The Bertz CT molecular complexity index is 744. The first-order valence-electron chi connectivity index (χ1n) is 8.50. The van der Waals surface area contributed by atoms with E-state index in [0.717, 1.165) is 28.4 Å². The van der Waals surface area contributed by atoms with Crippen LogP contribution in [0.1, 0.15) is 22.8 Å². The molecule has 0 saturated heterocycles. The van der Waals surface area contributed by atoms with Crippen LogP contribution in [0.25, 0.3) is 0 Å². The maximum atomic E-state index is 12.3. The number of hydrogen-bond acceptors (Lipinski definition) is 4. The van der Waals surface area contributed by atoms with Gasteiger partial charge in [0.2, 0.25) is 0 Å². The molecule has 2 rings (SSSR count). The largest absolute Gasteiger partial charge is 0.497 e. The van der Waals surface area contributed by atoms with Crippen LogP contribution in [0.3, 0.4) is 0 Å². The summed E-state index contributed by atoms with van der Waals surface area (Å²) in [7, 11) is 2.97. The molecule has 26 heavy (non-hydrogen) atoms. The molecule has 138 valence electrons. The highest BCUT2D eigenvalue weighted by Crippen LogP contribution is 2.14. The Morgan fingerprint density at radius 3 is 2.42 bits per heavy atom. The van der Waals surface area contributed by atoms with E-state index in [0.29, 0.717) is 18.7 Å². The van der Waals surface area contributed by atoms with E-state index in [9.17, 15) is 9.59 Å². The molecule has 0 bridgehead atoms. The molecule has 6 heteroatoms. The number of quaternary nitrogens is 1. The van der Waals surface area contributed by atoms with E-state index in [2.05, 4.69) is 5.32 Å². The second-order valence-corrected chi connectivity index (χ2v) is 5.93. The maximum Gasteiger partial charge on any atom is 0.337 e. The van der Waals surface area contributed by atoms with Gasteiger partial charge in [0.25, 0.3) is 5.91 Å². The van der Waals surface area contributed by atoms with Gasteiger partial charge in [-0.2, -0.15) is 0 Å². The van der Waals surface area contributed by atoms with Crippen molar-refractivity contribution in [1.82, 2.24) is 0 Å². The number of anilines is 1. The molecule has 6 nitrogen and oxygen atoms in total. The molecule has 0 radical (unpaired) electrons. The number of likely N-dealkylation sites (N-methyl/N-ethyl adjacent to an activating group) is 1. The summed E-state index contributed by atoms with van der Waals surface area (Å²) in [6.07, 6.45) is 0. The molecule has 1 amide bonds. The fourth-order valence-corrected chi connectivity index (χ4v) is 2.63. The van der Waals surface area contributed by atoms with Gasteiger partial charge in [-0.3, -0.25) is 4.79 Å². The third-order valence-corrected chi connectivity index (χ3v) is 4.09. The van der Waals surface area contributed by atoms with Crippen molar-refractivity contribution < 1.29 is 24.0 Å². The van der Waals surface area contributed by atoms with Gasteiger partial charge in [-0.15, -0.1) is 0 Å². The van der Waals surface area contributed by atoms with Crippen molar-refractivity contribution in [3.8, 4) is 5.75 Å². The topological polar surface area (TPSA) is 69.1 Å². The van der Waals surface area contributed by atoms with Crippen LogP contribution < -0.4 is 15.0 Å². The molecule has 0 aliphatic carbocycles. The first-order valence-corrected chi connectivity index (χ1v) is 8.50. The second kappa shape index (κ2) is 9.58. The number of carbonyl (C=O) groups is 2. The summed E-state index contributed by atoms with van der Waals surface area (Å²) in [6.45, 7) is 3.81. The Balaban J connectivity index is 1.95. The molecule has 0 aromatic heterocycles. The Labute approximate surface area is 153 Å². The highest BCUT2D eigenvalue weighted by Gasteiger charge is 2.15. The van der Waals surface area contributed by atoms with E-state index in [1.807, 2.05) is 37.3 Å². The van der Waals surface area contributed by atoms with Gasteiger partial charge in [0, 0.05) is 11.3 Å². The molecular formula is C20H25N2O4+. The zero-order chi connectivity index (χ0) is 18.9. The van der Waals surface area contributed by atoms with Gasteiger partial charge in [-0.25, -0.2) is 4.79 Å². The zero-order valence-corrected chi connectivity index (χ0v) is 15.4. The summed E-state index contributed by atoms with van der Waals surface area (Å²) in [5.74, 6) is 0.326. The number of carbonyl (C=O) groups excluding carboxylic acids is 2. The average Bonchev–Trinajstić information content (AvgIpc) is 2.67. The molecule has 2 N–H and O–H groups in total. The smallest absolute Gasteiger partial charge is 0.337 e. The van der Waals surface area contributed by atoms with Gasteiger partial charge >= 0.3 is 5.97 Å². The minimum Gasteiger partial charge on any atom is -0.497 e. The third-order valence-electron chi connectivity index (χ3n) is 4.09. The van der Waals surface area contributed by atoms with E-state index >= 15 is 0 Å². The molecule has 0 spiro atoms. The van der Waals surface area contributed by atoms with Crippen LogP contribution >= 0.6 is 0 Å². The second-order valence-electron chi connectivity index (χ2n) is 5.93. The van der Waals surface area contributed by atoms with Gasteiger partial charge in [-0.05, 0) is 43.3 Å². The fraction of sp³-hybridized carbons (Fsp3) is 0.300. The predicted molar refractivity (Wildman–Crippen MR) is 99.5 cm³/mol. The predicted octanol–water partition coefficient (Wildman–Crippen LogP) is 1.53. The van der Waals surface area contributed by atoms with Crippen LogP contribution in [-0.2, 0) is 16.1 Å². The van der Waals surface area contributed by atoms with Crippen molar-refractivity contribution in [2.45, 2.75) is 13.5 Å². The van der Waals surface area contributed by atoms with Crippen molar-refractivity contribution in [2.24, 2.45) is 0 Å². The minimum absolute atomic E-state index is 0.0591. The van der Waals surface area contributed by atoms with Crippen LogP contribution in [0.5, 0.6) is 5.75 Å². The molecule has 2 aromatic rings. The monoisotopic (exact) mass is 357 g/mol. The molecule has 0 heterocycles. The number of benzene rings is 2. The zero-order valence-electron chi connectivity index (χ0n) is 15.4. The van der Waals surface area contributed by atoms with E-state index < -0.39 is 0 Å². The Kier molecular flexibility index (Phi) is 7.17. The number of methoxy groups -OCH3 is 2. The maximum absolute atomic E-state index is 12.3. The Morgan fingerprint density at radius 1 is 1.08 bits per heavy atom. The van der Waals surface area contributed by atoms with Crippen LogP contribution in [0, 0.1) is 0 Å². The number of rotatable bonds is 8. The van der Waals surface area contributed by atoms with Gasteiger partial charge in [0.05, 0.1) is 26.3 Å². The van der Waals surface area contributed by atoms with E-state index in [1.54, 1.807) is 25.3 Å². The standard InChI is InChI=1S/C20H24N2O4/c1-4-22(13-15-6-5-7-16(12-15)20(24)26-3)14-19(23)21-17-8-10-18(25-2)11-9-17/h5-12H,4,13-14H2,1-3H3,(H,21,23)/p+1. The lowest BCUT2D eigenvalue weighted by atomic mass is 10.1. The SMILES string of the molecule is CC[NH+](CC(=O)Nc1ccc(OC)cc1)Cc1cccc(C(=O)OC)c1. The fourth-order valence-electron chi connectivity index (χ4n) is 2.63. The van der Waals surface area contributed by atoms with Crippen LogP contribution in [0.15, 0.2) is 48.5 Å². The number of amides is 1. The average molecular weight is 357 g/mol. The highest BCUT2D eigenvalue weighted by molar-refractivity contribution is 5.91. The number of esters is 1. The third kappa shape index (κ3) is 5.60. The summed E-state index contributed by atoms with van der Waals surface area (Å²) in [5.41, 5.74) is 2.24. The molecule has 1 unspecified atom stereocenters. The van der Waals surface area contributed by atoms with Gasteiger partial charge in [0.15, 0.2) is 6.54 Å². The van der Waals surface area contributed by atoms with Crippen molar-refractivity contribution in [3.63, 3.8) is 0 Å². The Hall–Kier alpha value is -2.86. The molecule has 0 aliphatic rings. The number of nitrogens with one attached hydrogen (secondary N) is 2. The summed E-state index contributed by atoms with van der Waals surface area (Å²) in [4.78, 5) is 25.1. The van der Waals surface area contributed by atoms with Crippen molar-refractivity contribution >= 4 is 17.6 Å². The first kappa shape index (κ1) is 19.5. The molecular weight excluding hydrogens is 332 g/mol. The van der Waals surface area contributed by atoms with Gasteiger partial charge < -0.3 is 19.7 Å². The van der Waals surface area contributed by atoms with E-state index in [1.165, 1.54) is 7.11 Å². The van der Waals surface area contributed by atoms with Crippen molar-refractivity contribution in [3.05, 3.63) is 59.7 Å². The highest BCUT2D eigenvalue weighted by atomic mass is 16.5. The lowest BCUT2D eigenvalue weighted by Crippen LogP contribution is -3.11.